The molecule has 0 radical (unpaired) electrons. The first-order valence-electron chi connectivity index (χ1n) is 10.5. The molecule has 0 spiro atoms. The Hall–Kier alpha value is -3.45. The van der Waals surface area contributed by atoms with E-state index in [0.29, 0.717) is 30.1 Å². The van der Waals surface area contributed by atoms with Gasteiger partial charge in [-0.2, -0.15) is 0 Å². The molecule has 0 saturated carbocycles. The topological polar surface area (TPSA) is 78.9 Å². The van der Waals surface area contributed by atoms with Crippen LogP contribution >= 0.6 is 0 Å². The summed E-state index contributed by atoms with van der Waals surface area (Å²) in [6, 6.07) is 13.6. The van der Waals surface area contributed by atoms with Gasteiger partial charge in [-0.05, 0) is 25.0 Å². The summed E-state index contributed by atoms with van der Waals surface area (Å²) in [7, 11) is 0. The van der Waals surface area contributed by atoms with Crippen LogP contribution in [-0.4, -0.2) is 33.0 Å². The van der Waals surface area contributed by atoms with Gasteiger partial charge in [0, 0.05) is 31.7 Å². The summed E-state index contributed by atoms with van der Waals surface area (Å²) in [6.45, 7) is 2.17. The number of aromatic nitrogens is 3. The number of hydrogen-bond acceptors (Lipinski definition) is 6. The molecule has 0 amide bonds. The number of carbonyl (C=O) groups excluding carboxylic acids is 1. The summed E-state index contributed by atoms with van der Waals surface area (Å²) in [5, 5.41) is 0. The van der Waals surface area contributed by atoms with E-state index in [-0.39, 0.29) is 6.10 Å². The van der Waals surface area contributed by atoms with E-state index in [1.807, 2.05) is 53.1 Å². The molecule has 31 heavy (non-hydrogen) atoms. The van der Waals surface area contributed by atoms with Gasteiger partial charge in [-0.25, -0.2) is 9.97 Å². The van der Waals surface area contributed by atoms with Crippen molar-refractivity contribution in [3.05, 3.63) is 72.1 Å². The third kappa shape index (κ3) is 4.09. The van der Waals surface area contributed by atoms with Crippen LogP contribution < -0.4 is 4.74 Å². The first-order chi connectivity index (χ1) is 15.2. The molecule has 4 heterocycles. The van der Waals surface area contributed by atoms with E-state index < -0.39 is 5.97 Å². The van der Waals surface area contributed by atoms with Gasteiger partial charge in [0.25, 0.3) is 0 Å². The Morgan fingerprint density at radius 2 is 2.03 bits per heavy atom. The molecule has 1 aliphatic rings. The summed E-state index contributed by atoms with van der Waals surface area (Å²) in [4.78, 5) is 21.7. The van der Waals surface area contributed by atoms with Gasteiger partial charge in [-0.15, -0.1) is 0 Å². The zero-order valence-electron chi connectivity index (χ0n) is 17.3. The first kappa shape index (κ1) is 19.5. The molecule has 0 aliphatic carbocycles. The number of nitrogens with zero attached hydrogens (tertiary/aromatic N) is 3. The largest absolute Gasteiger partial charge is 0.469 e. The van der Waals surface area contributed by atoms with E-state index in [2.05, 4.69) is 0 Å². The van der Waals surface area contributed by atoms with Gasteiger partial charge in [0.05, 0.1) is 30.2 Å². The van der Waals surface area contributed by atoms with Crippen LogP contribution in [0, 0.1) is 0 Å². The molecule has 158 valence electrons. The molecule has 1 saturated heterocycles. The van der Waals surface area contributed by atoms with Crippen LogP contribution in [0.25, 0.3) is 16.9 Å². The smallest absolute Gasteiger partial charge is 0.309 e. The van der Waals surface area contributed by atoms with Crippen molar-refractivity contribution in [3.8, 4) is 17.1 Å². The molecule has 1 atom stereocenters. The highest BCUT2D eigenvalue weighted by atomic mass is 16.5. The Labute approximate surface area is 179 Å². The number of hydrogen-bond donors (Lipinski definition) is 0. The summed E-state index contributed by atoms with van der Waals surface area (Å²) < 4.78 is 18.8. The van der Waals surface area contributed by atoms with Crippen molar-refractivity contribution in [1.29, 1.82) is 0 Å². The SMILES string of the molecule is CC(=O)Oc1c(Cc2ccco2)nc2c(CC3CCCO3)nc(-c3ccccc3)cn12. The molecule has 5 rings (SSSR count). The van der Waals surface area contributed by atoms with E-state index in [1.54, 1.807) is 6.26 Å². The fourth-order valence-electron chi connectivity index (χ4n) is 3.98. The summed E-state index contributed by atoms with van der Waals surface area (Å²) >= 11 is 0. The molecule has 7 nitrogen and oxygen atoms in total. The maximum atomic E-state index is 11.9. The van der Waals surface area contributed by atoms with Gasteiger partial charge in [0.2, 0.25) is 5.88 Å². The van der Waals surface area contributed by atoms with Gasteiger partial charge in [-0.3, -0.25) is 9.20 Å². The van der Waals surface area contributed by atoms with Gasteiger partial charge in [0.1, 0.15) is 11.5 Å². The van der Waals surface area contributed by atoms with Crippen LogP contribution in [0.5, 0.6) is 5.88 Å². The predicted octanol–water partition coefficient (Wildman–Crippen LogP) is 4.23. The first-order valence-corrected chi connectivity index (χ1v) is 10.5. The average molecular weight is 417 g/mol. The Balaban J connectivity index is 1.68. The van der Waals surface area contributed by atoms with Gasteiger partial charge >= 0.3 is 5.97 Å². The monoisotopic (exact) mass is 417 g/mol. The average Bonchev–Trinajstić information content (AvgIpc) is 3.52. The zero-order valence-corrected chi connectivity index (χ0v) is 17.3. The fraction of sp³-hybridized carbons (Fsp3) is 0.292. The third-order valence-corrected chi connectivity index (χ3v) is 5.38. The highest BCUT2D eigenvalue weighted by Crippen LogP contribution is 2.30. The highest BCUT2D eigenvalue weighted by molar-refractivity contribution is 5.70. The lowest BCUT2D eigenvalue weighted by Gasteiger charge is -2.12. The maximum absolute atomic E-state index is 11.9. The second-order valence-corrected chi connectivity index (χ2v) is 7.69. The Morgan fingerprint density at radius 3 is 2.74 bits per heavy atom. The summed E-state index contributed by atoms with van der Waals surface area (Å²) in [5.74, 6) is 0.738. The molecule has 0 bridgehead atoms. The van der Waals surface area contributed by atoms with E-state index in [4.69, 9.17) is 23.9 Å². The molecule has 1 aromatic carbocycles. The highest BCUT2D eigenvalue weighted by Gasteiger charge is 2.24. The Bertz CT molecular complexity index is 1190. The molecular weight excluding hydrogens is 394 g/mol. The second-order valence-electron chi connectivity index (χ2n) is 7.69. The van der Waals surface area contributed by atoms with E-state index in [1.165, 1.54) is 6.92 Å². The van der Waals surface area contributed by atoms with Gasteiger partial charge < -0.3 is 13.9 Å². The molecule has 1 unspecified atom stereocenters. The molecule has 3 aromatic heterocycles. The molecule has 1 aliphatic heterocycles. The standard InChI is InChI=1S/C24H23N3O4/c1-16(28)31-24-21(14-19-10-6-12-30-19)26-23-20(13-18-9-5-11-29-18)25-22(15-27(23)24)17-7-3-2-4-8-17/h2-4,6-8,10,12,15,18H,5,9,11,13-14H2,1H3. The van der Waals surface area contributed by atoms with E-state index in [9.17, 15) is 4.79 Å². The van der Waals surface area contributed by atoms with Gasteiger partial charge in [-0.1, -0.05) is 30.3 Å². The van der Waals surface area contributed by atoms with Crippen molar-refractivity contribution in [2.75, 3.05) is 6.61 Å². The lowest BCUT2D eigenvalue weighted by Crippen LogP contribution is -2.12. The zero-order chi connectivity index (χ0) is 21.2. The molecule has 4 aromatic rings. The van der Waals surface area contributed by atoms with Crippen molar-refractivity contribution in [3.63, 3.8) is 0 Å². The minimum atomic E-state index is -0.402. The van der Waals surface area contributed by atoms with E-state index in [0.717, 1.165) is 42.2 Å². The Kier molecular flexibility index (Phi) is 5.26. The van der Waals surface area contributed by atoms with E-state index >= 15 is 0 Å². The summed E-state index contributed by atoms with van der Waals surface area (Å²) in [5.41, 5.74) is 3.90. The number of imidazole rings is 1. The predicted molar refractivity (Wildman–Crippen MR) is 114 cm³/mol. The molecule has 0 N–H and O–H groups in total. The van der Waals surface area contributed by atoms with Crippen molar-refractivity contribution >= 4 is 11.6 Å². The lowest BCUT2D eigenvalue weighted by molar-refractivity contribution is -0.132. The number of carbonyl (C=O) groups is 1. The molecule has 7 heteroatoms. The van der Waals surface area contributed by atoms with Crippen molar-refractivity contribution in [1.82, 2.24) is 14.4 Å². The third-order valence-electron chi connectivity index (χ3n) is 5.38. The fourth-order valence-corrected chi connectivity index (χ4v) is 3.98. The van der Waals surface area contributed by atoms with Crippen molar-refractivity contribution in [2.24, 2.45) is 0 Å². The number of benzene rings is 1. The quantitative estimate of drug-likeness (QED) is 0.437. The van der Waals surface area contributed by atoms with Crippen LogP contribution in [0.2, 0.25) is 0 Å². The van der Waals surface area contributed by atoms with Crippen molar-refractivity contribution < 1.29 is 18.7 Å². The lowest BCUT2D eigenvalue weighted by atomic mass is 10.1. The summed E-state index contributed by atoms with van der Waals surface area (Å²) in [6.07, 6.45) is 6.73. The minimum absolute atomic E-state index is 0.115. The van der Waals surface area contributed by atoms with Crippen molar-refractivity contribution in [2.45, 2.75) is 38.7 Å². The maximum Gasteiger partial charge on any atom is 0.309 e. The number of esters is 1. The Morgan fingerprint density at radius 1 is 1.16 bits per heavy atom. The van der Waals surface area contributed by atoms with Crippen LogP contribution in [0.1, 0.15) is 36.9 Å². The van der Waals surface area contributed by atoms with Crippen LogP contribution in [-0.2, 0) is 22.4 Å². The number of fused-ring (bicyclic) bond motifs is 1. The van der Waals surface area contributed by atoms with Crippen LogP contribution in [0.3, 0.4) is 0 Å². The minimum Gasteiger partial charge on any atom is -0.469 e. The number of ether oxygens (including phenoxy) is 2. The van der Waals surface area contributed by atoms with Gasteiger partial charge in [0.15, 0.2) is 5.65 Å². The molecular formula is C24H23N3O4. The van der Waals surface area contributed by atoms with Crippen LogP contribution in [0.15, 0.2) is 59.3 Å². The van der Waals surface area contributed by atoms with Crippen LogP contribution in [0.4, 0.5) is 0 Å². The molecule has 1 fully saturated rings. The normalized spacial score (nSPS) is 16.1. The number of furan rings is 1. The second kappa shape index (κ2) is 8.35. The number of rotatable bonds is 6.